The zero-order valence-electron chi connectivity index (χ0n) is 13.7. The molecule has 1 heterocycles. The number of benzene rings is 2. The van der Waals surface area contributed by atoms with Crippen molar-refractivity contribution in [3.05, 3.63) is 70.4 Å². The van der Waals surface area contributed by atoms with Crippen molar-refractivity contribution >= 4 is 28.2 Å². The van der Waals surface area contributed by atoms with Crippen LogP contribution in [0.1, 0.15) is 32.5 Å². The fourth-order valence-corrected chi connectivity index (χ4v) is 3.19. The minimum atomic E-state index is -0.470. The lowest BCUT2D eigenvalue weighted by molar-refractivity contribution is 0.101. The van der Waals surface area contributed by atoms with Crippen LogP contribution in [0.4, 0.5) is 9.52 Å². The smallest absolute Gasteiger partial charge is 0.257 e. The van der Waals surface area contributed by atoms with Crippen molar-refractivity contribution < 1.29 is 14.0 Å². The van der Waals surface area contributed by atoms with Crippen LogP contribution in [0.15, 0.2) is 48.5 Å². The molecule has 0 aliphatic carbocycles. The van der Waals surface area contributed by atoms with E-state index in [9.17, 15) is 14.0 Å². The minimum absolute atomic E-state index is 0.127. The zero-order chi connectivity index (χ0) is 18.0. The molecule has 1 aromatic heterocycles. The summed E-state index contributed by atoms with van der Waals surface area (Å²) in [7, 11) is 0. The highest BCUT2D eigenvalue weighted by Crippen LogP contribution is 2.31. The molecule has 2 aromatic carbocycles. The lowest BCUT2D eigenvalue weighted by Gasteiger charge is -2.03. The van der Waals surface area contributed by atoms with Gasteiger partial charge in [-0.15, -0.1) is 0 Å². The lowest BCUT2D eigenvalue weighted by atomic mass is 10.1. The maximum atomic E-state index is 13.6. The number of nitrogens with one attached hydrogen (secondary N) is 1. The van der Waals surface area contributed by atoms with Gasteiger partial charge in [-0.1, -0.05) is 47.7 Å². The summed E-state index contributed by atoms with van der Waals surface area (Å²) < 4.78 is 13.6. The largest absolute Gasteiger partial charge is 0.298 e. The lowest BCUT2D eigenvalue weighted by Crippen LogP contribution is -2.12. The Bertz CT molecular complexity index is 951. The number of carbonyl (C=O) groups is 2. The molecule has 126 valence electrons. The van der Waals surface area contributed by atoms with Gasteiger partial charge >= 0.3 is 0 Å². The number of nitrogens with zero attached hydrogens (tertiary/aromatic N) is 1. The van der Waals surface area contributed by atoms with Gasteiger partial charge in [-0.3, -0.25) is 14.9 Å². The number of carbonyl (C=O) groups excluding carboxylic acids is 2. The molecule has 0 saturated heterocycles. The van der Waals surface area contributed by atoms with Gasteiger partial charge in [-0.05, 0) is 24.6 Å². The third-order valence-electron chi connectivity index (χ3n) is 3.65. The molecule has 0 spiro atoms. The number of amides is 1. The number of aromatic nitrogens is 1. The Labute approximate surface area is 148 Å². The standard InChI is InChI=1S/C19H15FN2O2S/c1-11-8-9-14(10-15(11)20)18(24)22-19-21-16(17(25-19)12(2)23)13-6-4-3-5-7-13/h3-10H,1-2H3,(H,21,22,24). The van der Waals surface area contributed by atoms with Crippen molar-refractivity contribution in [2.24, 2.45) is 0 Å². The van der Waals surface area contributed by atoms with Crippen LogP contribution >= 0.6 is 11.3 Å². The zero-order valence-corrected chi connectivity index (χ0v) is 14.5. The molecule has 1 N–H and O–H groups in total. The Morgan fingerprint density at radius 2 is 1.84 bits per heavy atom. The highest BCUT2D eigenvalue weighted by atomic mass is 32.1. The molecule has 3 aromatic rings. The molecule has 0 bridgehead atoms. The molecule has 25 heavy (non-hydrogen) atoms. The molecular weight excluding hydrogens is 339 g/mol. The van der Waals surface area contributed by atoms with E-state index in [0.717, 1.165) is 16.9 Å². The number of ketones is 1. The normalized spacial score (nSPS) is 10.5. The molecule has 0 aliphatic rings. The maximum absolute atomic E-state index is 13.6. The number of aryl methyl sites for hydroxylation is 1. The average Bonchev–Trinajstić information content (AvgIpc) is 3.02. The van der Waals surface area contributed by atoms with E-state index < -0.39 is 11.7 Å². The molecule has 0 aliphatic heterocycles. The first-order chi connectivity index (χ1) is 12.0. The number of thiazole rings is 1. The van der Waals surface area contributed by atoms with Crippen molar-refractivity contribution in [3.8, 4) is 11.3 Å². The van der Waals surface area contributed by atoms with E-state index in [4.69, 9.17) is 0 Å². The van der Waals surface area contributed by atoms with Crippen LogP contribution in [0.3, 0.4) is 0 Å². The second-order valence-corrected chi connectivity index (χ2v) is 6.54. The Morgan fingerprint density at radius 3 is 2.48 bits per heavy atom. The SMILES string of the molecule is CC(=O)c1sc(NC(=O)c2ccc(C)c(F)c2)nc1-c1ccccc1. The van der Waals surface area contributed by atoms with Crippen LogP contribution < -0.4 is 5.32 Å². The molecule has 0 atom stereocenters. The number of hydrogen-bond donors (Lipinski definition) is 1. The van der Waals surface area contributed by atoms with Crippen molar-refractivity contribution in [2.75, 3.05) is 5.32 Å². The van der Waals surface area contributed by atoms with Gasteiger partial charge in [-0.2, -0.15) is 0 Å². The predicted molar refractivity (Wildman–Crippen MR) is 96.6 cm³/mol. The number of Topliss-reactive ketones (excluding diaryl/α,β-unsaturated/α-hetero) is 1. The summed E-state index contributed by atoms with van der Waals surface area (Å²) in [6, 6.07) is 13.6. The topological polar surface area (TPSA) is 59.1 Å². The van der Waals surface area contributed by atoms with Crippen LogP contribution in [0.2, 0.25) is 0 Å². The van der Waals surface area contributed by atoms with E-state index in [-0.39, 0.29) is 11.3 Å². The van der Waals surface area contributed by atoms with Crippen molar-refractivity contribution in [2.45, 2.75) is 13.8 Å². The van der Waals surface area contributed by atoms with Gasteiger partial charge in [0, 0.05) is 18.1 Å². The summed E-state index contributed by atoms with van der Waals surface area (Å²) in [5.74, 6) is -1.04. The molecule has 0 saturated carbocycles. The first-order valence-corrected chi connectivity index (χ1v) is 8.42. The average molecular weight is 354 g/mol. The summed E-state index contributed by atoms with van der Waals surface area (Å²) in [5, 5.41) is 2.94. The molecule has 0 unspecified atom stereocenters. The fraction of sp³-hybridized carbons (Fsp3) is 0.105. The number of halogens is 1. The fourth-order valence-electron chi connectivity index (χ4n) is 2.31. The highest BCUT2D eigenvalue weighted by molar-refractivity contribution is 7.18. The van der Waals surface area contributed by atoms with Gasteiger partial charge in [0.05, 0.1) is 10.6 Å². The van der Waals surface area contributed by atoms with E-state index in [1.807, 2.05) is 30.3 Å². The van der Waals surface area contributed by atoms with Crippen molar-refractivity contribution in [1.82, 2.24) is 4.98 Å². The summed E-state index contributed by atoms with van der Waals surface area (Å²) in [5.41, 5.74) is 1.99. The third-order valence-corrected chi connectivity index (χ3v) is 4.72. The molecule has 0 fully saturated rings. The van der Waals surface area contributed by atoms with Gasteiger partial charge in [0.15, 0.2) is 10.9 Å². The van der Waals surface area contributed by atoms with Gasteiger partial charge in [0.25, 0.3) is 5.91 Å². The number of hydrogen-bond acceptors (Lipinski definition) is 4. The van der Waals surface area contributed by atoms with Gasteiger partial charge in [-0.25, -0.2) is 9.37 Å². The second-order valence-electron chi connectivity index (χ2n) is 5.54. The van der Waals surface area contributed by atoms with Crippen LogP contribution in [-0.4, -0.2) is 16.7 Å². The van der Waals surface area contributed by atoms with Crippen molar-refractivity contribution in [1.29, 1.82) is 0 Å². The monoisotopic (exact) mass is 354 g/mol. The Balaban J connectivity index is 1.91. The van der Waals surface area contributed by atoms with Crippen molar-refractivity contribution in [3.63, 3.8) is 0 Å². The summed E-state index contributed by atoms with van der Waals surface area (Å²) >= 11 is 1.11. The van der Waals surface area contributed by atoms with Crippen LogP contribution in [-0.2, 0) is 0 Å². The Kier molecular flexibility index (Phi) is 4.72. The number of rotatable bonds is 4. The van der Waals surface area contributed by atoms with Crippen LogP contribution in [0.25, 0.3) is 11.3 Å². The maximum Gasteiger partial charge on any atom is 0.257 e. The van der Waals surface area contributed by atoms with E-state index in [0.29, 0.717) is 21.3 Å². The first-order valence-electron chi connectivity index (χ1n) is 7.60. The molecule has 3 rings (SSSR count). The van der Waals surface area contributed by atoms with E-state index in [1.54, 1.807) is 19.1 Å². The van der Waals surface area contributed by atoms with Gasteiger partial charge < -0.3 is 0 Å². The first kappa shape index (κ1) is 17.0. The summed E-state index contributed by atoms with van der Waals surface area (Å²) in [4.78, 5) is 29.1. The predicted octanol–water partition coefficient (Wildman–Crippen LogP) is 4.71. The highest BCUT2D eigenvalue weighted by Gasteiger charge is 2.18. The molecule has 6 heteroatoms. The Hall–Kier alpha value is -2.86. The van der Waals surface area contributed by atoms with E-state index in [1.165, 1.54) is 13.0 Å². The van der Waals surface area contributed by atoms with Crippen LogP contribution in [0, 0.1) is 12.7 Å². The van der Waals surface area contributed by atoms with E-state index >= 15 is 0 Å². The van der Waals surface area contributed by atoms with Gasteiger partial charge in [0.1, 0.15) is 5.82 Å². The second kappa shape index (κ2) is 6.94. The minimum Gasteiger partial charge on any atom is -0.298 e. The van der Waals surface area contributed by atoms with Gasteiger partial charge in [0.2, 0.25) is 0 Å². The quantitative estimate of drug-likeness (QED) is 0.690. The molecule has 4 nitrogen and oxygen atoms in total. The molecular formula is C19H15FN2O2S. The molecule has 1 amide bonds. The van der Waals surface area contributed by atoms with Crippen LogP contribution in [0.5, 0.6) is 0 Å². The Morgan fingerprint density at radius 1 is 1.12 bits per heavy atom. The molecule has 0 radical (unpaired) electrons. The third kappa shape index (κ3) is 3.64. The summed E-state index contributed by atoms with van der Waals surface area (Å²) in [6.07, 6.45) is 0. The van der Waals surface area contributed by atoms with E-state index in [2.05, 4.69) is 10.3 Å². The number of anilines is 1. The summed E-state index contributed by atoms with van der Waals surface area (Å²) in [6.45, 7) is 3.09.